The topological polar surface area (TPSA) is 72.7 Å². The number of hydrogen-bond donors (Lipinski definition) is 1. The number of amides is 1. The van der Waals surface area contributed by atoms with Crippen molar-refractivity contribution in [2.45, 2.75) is 20.0 Å². The number of hydrogen-bond acceptors (Lipinski definition) is 4. The van der Waals surface area contributed by atoms with Gasteiger partial charge in [-0.25, -0.2) is 4.98 Å². The number of pyridine rings is 1. The van der Waals surface area contributed by atoms with Crippen molar-refractivity contribution >= 4 is 17.2 Å². The third kappa shape index (κ3) is 3.60. The van der Waals surface area contributed by atoms with Gasteiger partial charge >= 0.3 is 0 Å². The standard InChI is InChI=1S/C18H17N3O3/c1-2-17(22)20-13-6-5-7-15(10-13)24-12-14-11-18(23)21-9-4-3-8-16(21)19-14/h3-11H,2,12H2,1H3,(H,20,22). The van der Waals surface area contributed by atoms with Crippen LogP contribution < -0.4 is 15.6 Å². The van der Waals surface area contributed by atoms with Crippen molar-refractivity contribution in [1.82, 2.24) is 9.38 Å². The number of carbonyl (C=O) groups is 1. The van der Waals surface area contributed by atoms with Crippen molar-refractivity contribution in [3.05, 3.63) is 70.8 Å². The van der Waals surface area contributed by atoms with Crippen LogP contribution in [0.5, 0.6) is 5.75 Å². The summed E-state index contributed by atoms with van der Waals surface area (Å²) in [6.45, 7) is 1.96. The fourth-order valence-corrected chi connectivity index (χ4v) is 2.25. The third-order valence-corrected chi connectivity index (χ3v) is 3.45. The first-order valence-electron chi connectivity index (χ1n) is 7.66. The van der Waals surface area contributed by atoms with Crippen molar-refractivity contribution in [2.75, 3.05) is 5.32 Å². The minimum atomic E-state index is -0.150. The molecular weight excluding hydrogens is 306 g/mol. The van der Waals surface area contributed by atoms with Crippen LogP contribution in [0.4, 0.5) is 5.69 Å². The number of aromatic nitrogens is 2. The molecule has 0 bridgehead atoms. The van der Waals surface area contributed by atoms with Crippen molar-refractivity contribution in [2.24, 2.45) is 0 Å². The van der Waals surface area contributed by atoms with E-state index >= 15 is 0 Å². The highest BCUT2D eigenvalue weighted by Gasteiger charge is 2.04. The minimum Gasteiger partial charge on any atom is -0.487 e. The van der Waals surface area contributed by atoms with Gasteiger partial charge in [0.25, 0.3) is 5.56 Å². The summed E-state index contributed by atoms with van der Waals surface area (Å²) in [6.07, 6.45) is 2.09. The van der Waals surface area contributed by atoms with Crippen LogP contribution in [-0.2, 0) is 11.4 Å². The Morgan fingerprint density at radius 1 is 1.21 bits per heavy atom. The molecule has 2 aromatic heterocycles. The summed E-state index contributed by atoms with van der Waals surface area (Å²) in [5.41, 5.74) is 1.65. The first-order valence-corrected chi connectivity index (χ1v) is 7.66. The molecule has 0 unspecified atom stereocenters. The van der Waals surface area contributed by atoms with Gasteiger partial charge in [-0.3, -0.25) is 14.0 Å². The zero-order chi connectivity index (χ0) is 16.9. The SMILES string of the molecule is CCC(=O)Nc1cccc(OCc2cc(=O)n3ccccc3n2)c1. The van der Waals surface area contributed by atoms with Crippen LogP contribution in [0.25, 0.3) is 5.65 Å². The summed E-state index contributed by atoms with van der Waals surface area (Å²) in [4.78, 5) is 27.9. The maximum atomic E-state index is 12.0. The fourth-order valence-electron chi connectivity index (χ4n) is 2.25. The summed E-state index contributed by atoms with van der Waals surface area (Å²) in [6, 6.07) is 13.9. The second kappa shape index (κ2) is 6.95. The minimum absolute atomic E-state index is 0.0589. The average Bonchev–Trinajstić information content (AvgIpc) is 2.60. The molecule has 6 nitrogen and oxygen atoms in total. The van der Waals surface area contributed by atoms with Gasteiger partial charge in [-0.15, -0.1) is 0 Å². The first kappa shape index (κ1) is 15.7. The number of benzene rings is 1. The van der Waals surface area contributed by atoms with E-state index in [2.05, 4.69) is 10.3 Å². The Morgan fingerprint density at radius 3 is 2.92 bits per heavy atom. The largest absolute Gasteiger partial charge is 0.487 e. The lowest BCUT2D eigenvalue weighted by Crippen LogP contribution is -2.16. The van der Waals surface area contributed by atoms with E-state index in [1.165, 1.54) is 10.5 Å². The van der Waals surface area contributed by atoms with E-state index in [4.69, 9.17) is 4.74 Å². The van der Waals surface area contributed by atoms with Crippen molar-refractivity contribution < 1.29 is 9.53 Å². The lowest BCUT2D eigenvalue weighted by Gasteiger charge is -2.09. The molecule has 6 heteroatoms. The molecule has 0 saturated carbocycles. The van der Waals surface area contributed by atoms with Crippen molar-refractivity contribution in [1.29, 1.82) is 0 Å². The normalized spacial score (nSPS) is 10.5. The third-order valence-electron chi connectivity index (χ3n) is 3.45. The van der Waals surface area contributed by atoms with Crippen molar-refractivity contribution in [3.8, 4) is 5.75 Å². The van der Waals surface area contributed by atoms with Crippen molar-refractivity contribution in [3.63, 3.8) is 0 Å². The molecular formula is C18H17N3O3. The molecule has 3 aromatic rings. The summed E-state index contributed by atoms with van der Waals surface area (Å²) in [5, 5.41) is 2.78. The van der Waals surface area contributed by atoms with Crippen LogP contribution in [0.15, 0.2) is 59.5 Å². The van der Waals surface area contributed by atoms with E-state index in [1.54, 1.807) is 49.5 Å². The fraction of sp³-hybridized carbons (Fsp3) is 0.167. The summed E-state index contributed by atoms with van der Waals surface area (Å²) < 4.78 is 7.17. The highest BCUT2D eigenvalue weighted by atomic mass is 16.5. The van der Waals surface area contributed by atoms with E-state index < -0.39 is 0 Å². The summed E-state index contributed by atoms with van der Waals surface area (Å²) in [7, 11) is 0. The Kier molecular flexibility index (Phi) is 4.56. The molecule has 0 saturated heterocycles. The monoisotopic (exact) mass is 323 g/mol. The van der Waals surface area contributed by atoms with E-state index in [0.29, 0.717) is 29.2 Å². The molecule has 1 aromatic carbocycles. The molecule has 122 valence electrons. The molecule has 0 aliphatic carbocycles. The molecule has 0 atom stereocenters. The van der Waals surface area contributed by atoms with Gasteiger partial charge in [0.1, 0.15) is 18.0 Å². The number of ether oxygens (including phenoxy) is 1. The lowest BCUT2D eigenvalue weighted by molar-refractivity contribution is -0.115. The Bertz CT molecular complexity index is 934. The van der Waals surface area contributed by atoms with E-state index in [0.717, 1.165) is 0 Å². The van der Waals surface area contributed by atoms with Gasteiger partial charge in [0.2, 0.25) is 5.91 Å². The highest BCUT2D eigenvalue weighted by Crippen LogP contribution is 2.18. The number of rotatable bonds is 5. The second-order valence-electron chi connectivity index (χ2n) is 5.23. The van der Waals surface area contributed by atoms with E-state index in [-0.39, 0.29) is 18.1 Å². The van der Waals surface area contributed by atoms with Crippen LogP contribution in [0.2, 0.25) is 0 Å². The molecule has 0 radical (unpaired) electrons. The number of nitrogens with one attached hydrogen (secondary N) is 1. The Hall–Kier alpha value is -3.15. The lowest BCUT2D eigenvalue weighted by atomic mass is 10.3. The predicted octanol–water partition coefficient (Wildman–Crippen LogP) is 2.62. The Balaban J connectivity index is 1.75. The van der Waals surface area contributed by atoms with Gasteiger partial charge in [-0.1, -0.05) is 19.1 Å². The molecule has 3 rings (SSSR count). The molecule has 0 spiro atoms. The van der Waals surface area contributed by atoms with Gasteiger partial charge in [0.05, 0.1) is 5.69 Å². The van der Waals surface area contributed by atoms with E-state index in [1.807, 2.05) is 6.07 Å². The number of nitrogens with zero attached hydrogens (tertiary/aromatic N) is 2. The molecule has 1 amide bonds. The average molecular weight is 323 g/mol. The van der Waals surface area contributed by atoms with Gasteiger partial charge in [0, 0.05) is 30.4 Å². The quantitative estimate of drug-likeness (QED) is 0.783. The number of carbonyl (C=O) groups excluding carboxylic acids is 1. The number of anilines is 1. The van der Waals surface area contributed by atoms with Gasteiger partial charge in [0.15, 0.2) is 0 Å². The second-order valence-corrected chi connectivity index (χ2v) is 5.23. The molecule has 0 aliphatic rings. The molecule has 0 aliphatic heterocycles. The van der Waals surface area contributed by atoms with Gasteiger partial charge in [-0.05, 0) is 24.3 Å². The Morgan fingerprint density at radius 2 is 2.08 bits per heavy atom. The summed E-state index contributed by atoms with van der Waals surface area (Å²) in [5.74, 6) is 0.537. The smallest absolute Gasteiger partial charge is 0.258 e. The zero-order valence-electron chi connectivity index (χ0n) is 13.2. The van der Waals surface area contributed by atoms with E-state index in [9.17, 15) is 9.59 Å². The highest BCUT2D eigenvalue weighted by molar-refractivity contribution is 5.90. The Labute approximate surface area is 138 Å². The molecule has 24 heavy (non-hydrogen) atoms. The number of fused-ring (bicyclic) bond motifs is 1. The van der Waals surface area contributed by atoms with Crippen LogP contribution in [0.3, 0.4) is 0 Å². The van der Waals surface area contributed by atoms with Crippen LogP contribution >= 0.6 is 0 Å². The maximum absolute atomic E-state index is 12.0. The summed E-state index contributed by atoms with van der Waals surface area (Å²) >= 11 is 0. The molecule has 0 fully saturated rings. The van der Waals surface area contributed by atoms with Crippen LogP contribution in [0.1, 0.15) is 19.0 Å². The zero-order valence-corrected chi connectivity index (χ0v) is 13.2. The van der Waals surface area contributed by atoms with Gasteiger partial charge < -0.3 is 10.1 Å². The molecule has 1 N–H and O–H groups in total. The maximum Gasteiger partial charge on any atom is 0.258 e. The van der Waals surface area contributed by atoms with Crippen LogP contribution in [0, 0.1) is 0 Å². The van der Waals surface area contributed by atoms with Gasteiger partial charge in [-0.2, -0.15) is 0 Å². The molecule has 2 heterocycles. The van der Waals surface area contributed by atoms with Crippen LogP contribution in [-0.4, -0.2) is 15.3 Å². The predicted molar refractivity (Wildman–Crippen MR) is 91.2 cm³/mol. The first-order chi connectivity index (χ1) is 11.7.